The Bertz CT molecular complexity index is 931. The largest absolute Gasteiger partial charge is 0.444 e. The zero-order chi connectivity index (χ0) is 27.1. The summed E-state index contributed by atoms with van der Waals surface area (Å²) in [6.45, 7) is 16.5. The van der Waals surface area contributed by atoms with Gasteiger partial charge in [0.1, 0.15) is 17.7 Å². The van der Waals surface area contributed by atoms with Crippen LogP contribution < -0.4 is 16.4 Å². The van der Waals surface area contributed by atoms with E-state index in [2.05, 4.69) is 10.6 Å². The summed E-state index contributed by atoms with van der Waals surface area (Å²) in [5.41, 5.74) is 6.57. The van der Waals surface area contributed by atoms with Crippen molar-refractivity contribution in [3.05, 3.63) is 34.9 Å². The Morgan fingerprint density at radius 1 is 1.06 bits per heavy atom. The van der Waals surface area contributed by atoms with Crippen molar-refractivity contribution in [1.29, 1.82) is 0 Å². The van der Waals surface area contributed by atoms with Gasteiger partial charge in [-0.2, -0.15) is 0 Å². The van der Waals surface area contributed by atoms with Gasteiger partial charge < -0.3 is 26.0 Å². The predicted octanol–water partition coefficient (Wildman–Crippen LogP) is 3.27. The Morgan fingerprint density at radius 2 is 1.66 bits per heavy atom. The number of ether oxygens (including phenoxy) is 1. The van der Waals surface area contributed by atoms with E-state index in [1.807, 2.05) is 52.8 Å². The van der Waals surface area contributed by atoms with Crippen LogP contribution in [0.4, 0.5) is 4.79 Å². The first kappa shape index (κ1) is 29.9. The lowest BCUT2D eigenvalue weighted by molar-refractivity contribution is -0.143. The minimum Gasteiger partial charge on any atom is -0.444 e. The van der Waals surface area contributed by atoms with Crippen LogP contribution in [0.25, 0.3) is 0 Å². The molecule has 2 atom stereocenters. The van der Waals surface area contributed by atoms with Crippen molar-refractivity contribution in [2.24, 2.45) is 5.73 Å². The minimum absolute atomic E-state index is 0.0234. The first-order valence-electron chi connectivity index (χ1n) is 11.9. The van der Waals surface area contributed by atoms with Gasteiger partial charge in [-0.25, -0.2) is 4.79 Å². The molecule has 4 amide bonds. The number of hydrogen-bond acceptors (Lipinski definition) is 5. The molecule has 196 valence electrons. The quantitative estimate of drug-likeness (QED) is 0.489. The molecule has 0 aromatic heterocycles. The number of carbonyl (C=O) groups is 4. The second-order valence-corrected chi connectivity index (χ2v) is 10.8. The van der Waals surface area contributed by atoms with Gasteiger partial charge >= 0.3 is 6.09 Å². The number of nitrogens with two attached hydrogens (primary N) is 1. The molecule has 1 aromatic rings. The van der Waals surface area contributed by atoms with Gasteiger partial charge in [-0.3, -0.25) is 14.4 Å². The Labute approximate surface area is 209 Å². The fourth-order valence-electron chi connectivity index (χ4n) is 3.68. The summed E-state index contributed by atoms with van der Waals surface area (Å²) in [6.07, 6.45) is -0.935. The highest BCUT2D eigenvalue weighted by molar-refractivity contribution is 5.93. The number of carbonyl (C=O) groups excluding carboxylic acids is 4. The van der Waals surface area contributed by atoms with E-state index in [1.165, 1.54) is 4.90 Å². The molecule has 9 heteroatoms. The van der Waals surface area contributed by atoms with Gasteiger partial charge in [-0.1, -0.05) is 23.8 Å². The van der Waals surface area contributed by atoms with Crippen LogP contribution in [0.2, 0.25) is 0 Å². The SMILES string of the molecule is CCN(C(=O)C(CCC(N)=O)NC(=O)OC(C)(C)C)C(C(=O)NC(C)(C)C)c1ccc(C)cc1C. The first-order chi connectivity index (χ1) is 15.9. The van der Waals surface area contributed by atoms with Crippen LogP contribution in [-0.4, -0.2) is 52.4 Å². The van der Waals surface area contributed by atoms with E-state index in [0.717, 1.165) is 11.1 Å². The monoisotopic (exact) mass is 490 g/mol. The molecule has 35 heavy (non-hydrogen) atoms. The van der Waals surface area contributed by atoms with E-state index < -0.39 is 41.1 Å². The Kier molecular flexibility index (Phi) is 10.3. The lowest BCUT2D eigenvalue weighted by Crippen LogP contribution is -2.54. The van der Waals surface area contributed by atoms with E-state index in [1.54, 1.807) is 27.7 Å². The summed E-state index contributed by atoms with van der Waals surface area (Å²) in [5.74, 6) is -1.45. The summed E-state index contributed by atoms with van der Waals surface area (Å²) in [6, 6.07) is 3.64. The number of hydrogen-bond donors (Lipinski definition) is 3. The topological polar surface area (TPSA) is 131 Å². The second-order valence-electron chi connectivity index (χ2n) is 10.8. The fraction of sp³-hybridized carbons (Fsp3) is 0.615. The molecule has 9 nitrogen and oxygen atoms in total. The summed E-state index contributed by atoms with van der Waals surface area (Å²) in [4.78, 5) is 52.7. The number of primary amides is 1. The van der Waals surface area contributed by atoms with Crippen molar-refractivity contribution in [3.63, 3.8) is 0 Å². The zero-order valence-corrected chi connectivity index (χ0v) is 22.6. The molecule has 0 saturated heterocycles. The molecule has 0 fully saturated rings. The first-order valence-corrected chi connectivity index (χ1v) is 11.9. The standard InChI is InChI=1S/C26H42N4O5/c1-10-30(23(33)19(13-14-20(27)31)28-24(34)35-26(7,8)9)21(22(32)29-25(4,5)6)18-12-11-16(2)15-17(18)3/h11-12,15,19,21H,10,13-14H2,1-9H3,(H2,27,31)(H,28,34)(H,29,32). The van der Waals surface area contributed by atoms with Gasteiger partial charge in [0.2, 0.25) is 17.7 Å². The summed E-state index contributed by atoms with van der Waals surface area (Å²) < 4.78 is 5.31. The third kappa shape index (κ3) is 9.96. The number of nitrogens with zero attached hydrogens (tertiary/aromatic N) is 1. The molecule has 4 N–H and O–H groups in total. The van der Waals surface area contributed by atoms with Crippen molar-refractivity contribution in [2.45, 2.75) is 98.4 Å². The average Bonchev–Trinajstić information content (AvgIpc) is 2.66. The molecule has 1 rings (SSSR count). The van der Waals surface area contributed by atoms with Gasteiger partial charge in [-0.15, -0.1) is 0 Å². The molecule has 0 aliphatic heterocycles. The van der Waals surface area contributed by atoms with Gasteiger partial charge in [0.25, 0.3) is 0 Å². The van der Waals surface area contributed by atoms with Gasteiger partial charge in [0.15, 0.2) is 0 Å². The lowest BCUT2D eigenvalue weighted by atomic mass is 9.95. The van der Waals surface area contributed by atoms with Crippen LogP contribution in [0, 0.1) is 13.8 Å². The van der Waals surface area contributed by atoms with E-state index in [-0.39, 0.29) is 25.3 Å². The van der Waals surface area contributed by atoms with Crippen LogP contribution >= 0.6 is 0 Å². The van der Waals surface area contributed by atoms with Crippen molar-refractivity contribution in [1.82, 2.24) is 15.5 Å². The Morgan fingerprint density at radius 3 is 2.11 bits per heavy atom. The number of nitrogens with one attached hydrogen (secondary N) is 2. The number of likely N-dealkylation sites (N-methyl/N-ethyl adjacent to an activating group) is 1. The normalized spacial score (nSPS) is 13.4. The molecular formula is C26H42N4O5. The Balaban J connectivity index is 3.47. The molecule has 0 heterocycles. The highest BCUT2D eigenvalue weighted by Gasteiger charge is 2.37. The maximum absolute atomic E-state index is 13.8. The van der Waals surface area contributed by atoms with E-state index in [4.69, 9.17) is 10.5 Å². The number of benzene rings is 1. The summed E-state index contributed by atoms with van der Waals surface area (Å²) in [5, 5.41) is 5.54. The predicted molar refractivity (Wildman–Crippen MR) is 136 cm³/mol. The zero-order valence-electron chi connectivity index (χ0n) is 22.6. The summed E-state index contributed by atoms with van der Waals surface area (Å²) in [7, 11) is 0. The molecule has 0 aliphatic rings. The van der Waals surface area contributed by atoms with Crippen LogP contribution in [0.5, 0.6) is 0 Å². The fourth-order valence-corrected chi connectivity index (χ4v) is 3.68. The van der Waals surface area contributed by atoms with Crippen molar-refractivity contribution >= 4 is 23.8 Å². The van der Waals surface area contributed by atoms with E-state index >= 15 is 0 Å². The number of alkyl carbamates (subject to hydrolysis) is 1. The van der Waals surface area contributed by atoms with E-state index in [0.29, 0.717) is 5.56 Å². The molecule has 0 bridgehead atoms. The minimum atomic E-state index is -1.10. The van der Waals surface area contributed by atoms with Crippen LogP contribution in [0.1, 0.15) is 84.0 Å². The van der Waals surface area contributed by atoms with Crippen molar-refractivity contribution < 1.29 is 23.9 Å². The van der Waals surface area contributed by atoms with Gasteiger partial charge in [-0.05, 0) is 79.9 Å². The maximum atomic E-state index is 13.8. The average molecular weight is 491 g/mol. The number of aryl methyl sites for hydroxylation is 2. The van der Waals surface area contributed by atoms with Crippen molar-refractivity contribution in [3.8, 4) is 0 Å². The van der Waals surface area contributed by atoms with Gasteiger partial charge in [0, 0.05) is 18.5 Å². The van der Waals surface area contributed by atoms with Crippen molar-refractivity contribution in [2.75, 3.05) is 6.54 Å². The molecule has 0 spiro atoms. The molecule has 0 radical (unpaired) electrons. The summed E-state index contributed by atoms with van der Waals surface area (Å²) >= 11 is 0. The maximum Gasteiger partial charge on any atom is 0.408 e. The molecular weight excluding hydrogens is 448 g/mol. The molecule has 1 aromatic carbocycles. The molecule has 0 aliphatic carbocycles. The number of rotatable bonds is 9. The number of amides is 4. The lowest BCUT2D eigenvalue weighted by Gasteiger charge is -2.36. The van der Waals surface area contributed by atoms with E-state index in [9.17, 15) is 19.2 Å². The molecule has 2 unspecified atom stereocenters. The smallest absolute Gasteiger partial charge is 0.408 e. The van der Waals surface area contributed by atoms with Crippen LogP contribution in [-0.2, 0) is 19.1 Å². The molecule has 0 saturated carbocycles. The Hall–Kier alpha value is -3.10. The highest BCUT2D eigenvalue weighted by Crippen LogP contribution is 2.27. The third-order valence-corrected chi connectivity index (χ3v) is 5.07. The second kappa shape index (κ2) is 12.0. The van der Waals surface area contributed by atoms with Crippen LogP contribution in [0.3, 0.4) is 0 Å². The third-order valence-electron chi connectivity index (χ3n) is 5.07. The highest BCUT2D eigenvalue weighted by atomic mass is 16.6. The van der Waals surface area contributed by atoms with Crippen LogP contribution in [0.15, 0.2) is 18.2 Å². The van der Waals surface area contributed by atoms with Gasteiger partial charge in [0.05, 0.1) is 0 Å².